The van der Waals surface area contributed by atoms with Crippen molar-refractivity contribution >= 4 is 6.09 Å². The Morgan fingerprint density at radius 3 is 3.08 bits per heavy atom. The van der Waals surface area contributed by atoms with Gasteiger partial charge in [-0.1, -0.05) is 12.1 Å². The maximum absolute atomic E-state index is 13.2. The predicted octanol–water partition coefficient (Wildman–Crippen LogP) is 2.86. The SMILES string of the molecule is O=C(NCCCn1ccnc1)Oc1cc(-c2cccc(F)c2)on1. The van der Waals surface area contributed by atoms with Gasteiger partial charge in [0.2, 0.25) is 0 Å². The molecule has 0 atom stereocenters. The molecule has 1 amide bonds. The van der Waals surface area contributed by atoms with Gasteiger partial charge in [-0.2, -0.15) is 0 Å². The molecule has 0 saturated carbocycles. The lowest BCUT2D eigenvalue weighted by Crippen LogP contribution is -2.28. The number of benzene rings is 1. The van der Waals surface area contributed by atoms with E-state index in [1.807, 2.05) is 10.8 Å². The smallest absolute Gasteiger partial charge is 0.388 e. The molecule has 0 aliphatic carbocycles. The highest BCUT2D eigenvalue weighted by Gasteiger charge is 2.11. The topological polar surface area (TPSA) is 82.2 Å². The minimum Gasteiger partial charge on any atom is -0.388 e. The van der Waals surface area contributed by atoms with Gasteiger partial charge in [0.25, 0.3) is 5.88 Å². The summed E-state index contributed by atoms with van der Waals surface area (Å²) in [6.07, 6.45) is 5.37. The summed E-state index contributed by atoms with van der Waals surface area (Å²) in [6, 6.07) is 7.29. The number of amides is 1. The molecule has 3 rings (SSSR count). The number of aryl methyl sites for hydroxylation is 1. The van der Waals surface area contributed by atoms with Crippen LogP contribution in [0, 0.1) is 5.82 Å². The van der Waals surface area contributed by atoms with Crippen LogP contribution in [0.4, 0.5) is 9.18 Å². The molecule has 0 bridgehead atoms. The zero-order valence-electron chi connectivity index (χ0n) is 12.7. The maximum Gasteiger partial charge on any atom is 0.414 e. The first kappa shape index (κ1) is 15.7. The van der Waals surface area contributed by atoms with E-state index in [-0.39, 0.29) is 11.7 Å². The normalized spacial score (nSPS) is 10.5. The number of carbonyl (C=O) groups excluding carboxylic acids is 1. The van der Waals surface area contributed by atoms with Crippen molar-refractivity contribution in [3.63, 3.8) is 0 Å². The largest absolute Gasteiger partial charge is 0.414 e. The summed E-state index contributed by atoms with van der Waals surface area (Å²) >= 11 is 0. The van der Waals surface area contributed by atoms with Crippen molar-refractivity contribution in [2.24, 2.45) is 0 Å². The Kier molecular flexibility index (Phi) is 4.85. The van der Waals surface area contributed by atoms with Gasteiger partial charge < -0.3 is 19.1 Å². The van der Waals surface area contributed by atoms with Crippen molar-refractivity contribution in [3.8, 4) is 17.2 Å². The molecule has 1 N–H and O–H groups in total. The summed E-state index contributed by atoms with van der Waals surface area (Å²) in [5.74, 6) is -0.0548. The fraction of sp³-hybridized carbons (Fsp3) is 0.188. The number of imidazole rings is 1. The summed E-state index contributed by atoms with van der Waals surface area (Å²) in [4.78, 5) is 15.6. The second-order valence-electron chi connectivity index (χ2n) is 5.01. The van der Waals surface area contributed by atoms with Gasteiger partial charge in [0, 0.05) is 31.0 Å². The van der Waals surface area contributed by atoms with E-state index in [2.05, 4.69) is 15.5 Å². The first-order valence-electron chi connectivity index (χ1n) is 7.35. The third-order valence-corrected chi connectivity index (χ3v) is 3.22. The molecule has 124 valence electrons. The highest BCUT2D eigenvalue weighted by Crippen LogP contribution is 2.24. The van der Waals surface area contributed by atoms with Gasteiger partial charge in [-0.25, -0.2) is 14.2 Å². The van der Waals surface area contributed by atoms with Crippen LogP contribution in [0.2, 0.25) is 0 Å². The Morgan fingerprint density at radius 2 is 2.29 bits per heavy atom. The molecule has 1 aromatic carbocycles. The van der Waals surface area contributed by atoms with Crippen molar-refractivity contribution in [1.29, 1.82) is 0 Å². The third kappa shape index (κ3) is 4.19. The monoisotopic (exact) mass is 330 g/mol. The molecule has 3 aromatic rings. The molecule has 24 heavy (non-hydrogen) atoms. The van der Waals surface area contributed by atoms with Crippen LogP contribution in [0.1, 0.15) is 6.42 Å². The third-order valence-electron chi connectivity index (χ3n) is 3.22. The lowest BCUT2D eigenvalue weighted by atomic mass is 10.2. The van der Waals surface area contributed by atoms with Crippen molar-refractivity contribution in [2.45, 2.75) is 13.0 Å². The number of carbonyl (C=O) groups is 1. The first-order chi connectivity index (χ1) is 11.7. The molecule has 0 radical (unpaired) electrons. The molecule has 2 heterocycles. The van der Waals surface area contributed by atoms with Crippen molar-refractivity contribution in [1.82, 2.24) is 20.0 Å². The van der Waals surface area contributed by atoms with Crippen molar-refractivity contribution < 1.29 is 18.4 Å². The quantitative estimate of drug-likeness (QED) is 0.703. The van der Waals surface area contributed by atoms with Gasteiger partial charge >= 0.3 is 6.09 Å². The van der Waals surface area contributed by atoms with E-state index in [9.17, 15) is 9.18 Å². The summed E-state index contributed by atoms with van der Waals surface area (Å²) in [6.45, 7) is 1.19. The predicted molar refractivity (Wildman–Crippen MR) is 82.8 cm³/mol. The average Bonchev–Trinajstić information content (AvgIpc) is 3.23. The van der Waals surface area contributed by atoms with Crippen LogP contribution in [0.15, 0.2) is 53.6 Å². The van der Waals surface area contributed by atoms with E-state index in [1.54, 1.807) is 24.7 Å². The van der Waals surface area contributed by atoms with Crippen LogP contribution < -0.4 is 10.1 Å². The van der Waals surface area contributed by atoms with Crippen molar-refractivity contribution in [3.05, 3.63) is 54.9 Å². The number of aromatic nitrogens is 3. The minimum atomic E-state index is -0.625. The molecular weight excluding hydrogens is 315 g/mol. The van der Waals surface area contributed by atoms with Crippen LogP contribution >= 0.6 is 0 Å². The van der Waals surface area contributed by atoms with Gasteiger partial charge in [0.05, 0.1) is 12.4 Å². The van der Waals surface area contributed by atoms with Crippen molar-refractivity contribution in [2.75, 3.05) is 6.54 Å². The van der Waals surface area contributed by atoms with Crippen LogP contribution in [0.25, 0.3) is 11.3 Å². The zero-order valence-corrected chi connectivity index (χ0v) is 12.7. The highest BCUT2D eigenvalue weighted by atomic mass is 19.1. The summed E-state index contributed by atoms with van der Waals surface area (Å²) in [5.41, 5.74) is 0.512. The van der Waals surface area contributed by atoms with E-state index >= 15 is 0 Å². The number of hydrogen-bond donors (Lipinski definition) is 1. The van der Waals surface area contributed by atoms with Crippen LogP contribution in [-0.2, 0) is 6.54 Å². The second kappa shape index (κ2) is 7.40. The van der Waals surface area contributed by atoms with Crippen LogP contribution in [0.3, 0.4) is 0 Å². The van der Waals surface area contributed by atoms with Gasteiger partial charge in [-0.15, -0.1) is 0 Å². The second-order valence-corrected chi connectivity index (χ2v) is 5.01. The molecule has 0 spiro atoms. The lowest BCUT2D eigenvalue weighted by Gasteiger charge is -2.04. The number of ether oxygens (including phenoxy) is 1. The van der Waals surface area contributed by atoms with E-state index < -0.39 is 6.09 Å². The highest BCUT2D eigenvalue weighted by molar-refractivity contribution is 5.70. The Balaban J connectivity index is 1.46. The molecule has 7 nitrogen and oxygen atoms in total. The lowest BCUT2D eigenvalue weighted by molar-refractivity contribution is 0.195. The Hall–Kier alpha value is -3.16. The zero-order chi connectivity index (χ0) is 16.8. The number of hydrogen-bond acceptors (Lipinski definition) is 5. The van der Waals surface area contributed by atoms with Crippen LogP contribution in [-0.4, -0.2) is 27.3 Å². The fourth-order valence-electron chi connectivity index (χ4n) is 2.09. The van der Waals surface area contributed by atoms with Gasteiger partial charge in [0.15, 0.2) is 5.76 Å². The molecule has 2 aromatic heterocycles. The molecule has 0 aliphatic heterocycles. The Labute approximate surface area is 137 Å². The number of nitrogens with zero attached hydrogens (tertiary/aromatic N) is 3. The molecule has 0 saturated heterocycles. The summed E-state index contributed by atoms with van der Waals surface area (Å²) < 4.78 is 25.2. The fourth-order valence-corrected chi connectivity index (χ4v) is 2.09. The maximum atomic E-state index is 13.2. The molecule has 0 aliphatic rings. The van der Waals surface area contributed by atoms with E-state index in [0.29, 0.717) is 17.9 Å². The van der Waals surface area contributed by atoms with E-state index in [4.69, 9.17) is 9.26 Å². The van der Waals surface area contributed by atoms with Gasteiger partial charge in [-0.3, -0.25) is 0 Å². The molecular formula is C16H15FN4O3. The minimum absolute atomic E-state index is 0.0152. The summed E-state index contributed by atoms with van der Waals surface area (Å²) in [7, 11) is 0. The van der Waals surface area contributed by atoms with E-state index in [0.717, 1.165) is 13.0 Å². The standard InChI is InChI=1S/C16H15FN4O3/c17-13-4-1-3-12(9-13)14-10-15(20-24-14)23-16(22)19-5-2-7-21-8-6-18-11-21/h1,3-4,6,8-11H,2,5,7H2,(H,19,22). The first-order valence-corrected chi connectivity index (χ1v) is 7.35. The number of nitrogens with one attached hydrogen (secondary N) is 1. The molecule has 0 unspecified atom stereocenters. The Morgan fingerprint density at radius 1 is 1.38 bits per heavy atom. The average molecular weight is 330 g/mol. The van der Waals surface area contributed by atoms with Gasteiger partial charge in [0.1, 0.15) is 5.82 Å². The van der Waals surface area contributed by atoms with Gasteiger partial charge in [-0.05, 0) is 23.7 Å². The molecule has 8 heteroatoms. The number of halogens is 1. The molecule has 0 fully saturated rings. The summed E-state index contributed by atoms with van der Waals surface area (Å²) in [5, 5.41) is 6.25. The number of rotatable bonds is 6. The van der Waals surface area contributed by atoms with Crippen LogP contribution in [0.5, 0.6) is 5.88 Å². The Bertz CT molecular complexity index is 801. The van der Waals surface area contributed by atoms with E-state index in [1.165, 1.54) is 18.2 Å².